The van der Waals surface area contributed by atoms with Gasteiger partial charge in [-0.25, -0.2) is 0 Å². The van der Waals surface area contributed by atoms with Crippen molar-refractivity contribution in [3.8, 4) is 5.75 Å². The molecule has 20 heavy (non-hydrogen) atoms. The van der Waals surface area contributed by atoms with Gasteiger partial charge >= 0.3 is 0 Å². The highest BCUT2D eigenvalue weighted by Crippen LogP contribution is 2.30. The third-order valence-corrected chi connectivity index (χ3v) is 4.58. The van der Waals surface area contributed by atoms with Crippen molar-refractivity contribution in [2.24, 2.45) is 11.3 Å². The number of ether oxygens (including phenoxy) is 1. The Bertz CT molecular complexity index is 394. The van der Waals surface area contributed by atoms with Crippen LogP contribution >= 0.6 is 15.9 Å². The maximum Gasteiger partial charge on any atom is 0.120 e. The zero-order valence-corrected chi connectivity index (χ0v) is 14.8. The number of hydrogen-bond donors (Lipinski definition) is 1. The Morgan fingerprint density at radius 1 is 1.35 bits per heavy atom. The predicted molar refractivity (Wildman–Crippen MR) is 90.4 cm³/mol. The van der Waals surface area contributed by atoms with Gasteiger partial charge < -0.3 is 10.1 Å². The van der Waals surface area contributed by atoms with Gasteiger partial charge in [-0.2, -0.15) is 0 Å². The number of rotatable bonds is 9. The molecular formula is C17H28BrNO. The van der Waals surface area contributed by atoms with Gasteiger partial charge in [0.05, 0.1) is 6.61 Å². The second kappa shape index (κ2) is 8.68. The fourth-order valence-electron chi connectivity index (χ4n) is 2.09. The molecule has 2 nitrogen and oxygen atoms in total. The topological polar surface area (TPSA) is 21.3 Å². The van der Waals surface area contributed by atoms with E-state index < -0.39 is 0 Å². The zero-order valence-electron chi connectivity index (χ0n) is 13.2. The maximum atomic E-state index is 5.88. The van der Waals surface area contributed by atoms with Crippen LogP contribution in [0.5, 0.6) is 5.75 Å². The second-order valence-corrected chi connectivity index (χ2v) is 6.96. The van der Waals surface area contributed by atoms with Crippen LogP contribution in [0.2, 0.25) is 0 Å². The third-order valence-electron chi connectivity index (χ3n) is 4.09. The highest BCUT2D eigenvalue weighted by Gasteiger charge is 2.27. The van der Waals surface area contributed by atoms with Crippen LogP contribution in [0.25, 0.3) is 0 Å². The molecule has 1 atom stereocenters. The summed E-state index contributed by atoms with van der Waals surface area (Å²) in [5, 5.41) is 3.55. The van der Waals surface area contributed by atoms with E-state index in [4.69, 9.17) is 4.74 Å². The van der Waals surface area contributed by atoms with Crippen LogP contribution < -0.4 is 10.1 Å². The number of nitrogens with one attached hydrogen (secondary N) is 1. The quantitative estimate of drug-likeness (QED) is 0.646. The average Bonchev–Trinajstić information content (AvgIpc) is 2.39. The molecule has 1 aromatic rings. The minimum absolute atomic E-state index is 0.279. The Morgan fingerprint density at radius 2 is 2.10 bits per heavy atom. The molecule has 0 saturated heterocycles. The molecule has 1 rings (SSSR count). The van der Waals surface area contributed by atoms with Crippen molar-refractivity contribution in [3.63, 3.8) is 0 Å². The Kier molecular flexibility index (Phi) is 7.60. The minimum atomic E-state index is 0.279. The fraction of sp³-hybridized carbons (Fsp3) is 0.647. The summed E-state index contributed by atoms with van der Waals surface area (Å²) in [6, 6.07) is 8.04. The molecule has 0 aliphatic heterocycles. The van der Waals surface area contributed by atoms with Crippen molar-refractivity contribution in [1.82, 2.24) is 5.32 Å². The SMILES string of the molecule is CCCNCC(C)(CCOc1cccc(Br)c1)C(C)C. The van der Waals surface area contributed by atoms with E-state index in [1.54, 1.807) is 0 Å². The first-order valence-corrected chi connectivity index (χ1v) is 8.36. The lowest BCUT2D eigenvalue weighted by atomic mass is 9.76. The first kappa shape index (κ1) is 17.5. The molecule has 1 unspecified atom stereocenters. The van der Waals surface area contributed by atoms with Crippen molar-refractivity contribution >= 4 is 15.9 Å². The van der Waals surface area contributed by atoms with Crippen LogP contribution in [-0.4, -0.2) is 19.7 Å². The molecule has 0 spiro atoms. The largest absolute Gasteiger partial charge is 0.494 e. The van der Waals surface area contributed by atoms with E-state index in [1.165, 1.54) is 6.42 Å². The molecule has 0 fully saturated rings. The van der Waals surface area contributed by atoms with Crippen molar-refractivity contribution in [1.29, 1.82) is 0 Å². The average molecular weight is 342 g/mol. The van der Waals surface area contributed by atoms with E-state index in [2.05, 4.69) is 48.9 Å². The Hall–Kier alpha value is -0.540. The zero-order chi connectivity index (χ0) is 15.0. The van der Waals surface area contributed by atoms with Gasteiger partial charge in [0.2, 0.25) is 0 Å². The lowest BCUT2D eigenvalue weighted by Crippen LogP contribution is -2.37. The van der Waals surface area contributed by atoms with E-state index in [-0.39, 0.29) is 5.41 Å². The van der Waals surface area contributed by atoms with E-state index in [1.807, 2.05) is 24.3 Å². The van der Waals surface area contributed by atoms with E-state index >= 15 is 0 Å². The molecule has 114 valence electrons. The molecule has 1 N–H and O–H groups in total. The molecule has 0 bridgehead atoms. The van der Waals surface area contributed by atoms with Gasteiger partial charge in [-0.3, -0.25) is 0 Å². The van der Waals surface area contributed by atoms with Crippen molar-refractivity contribution in [3.05, 3.63) is 28.7 Å². The van der Waals surface area contributed by atoms with Gasteiger partial charge in [0.1, 0.15) is 5.75 Å². The summed E-state index contributed by atoms with van der Waals surface area (Å²) in [4.78, 5) is 0. The lowest BCUT2D eigenvalue weighted by Gasteiger charge is -2.34. The Morgan fingerprint density at radius 3 is 2.70 bits per heavy atom. The van der Waals surface area contributed by atoms with Crippen molar-refractivity contribution in [2.75, 3.05) is 19.7 Å². The van der Waals surface area contributed by atoms with Crippen LogP contribution in [0.4, 0.5) is 0 Å². The molecular weight excluding hydrogens is 314 g/mol. The summed E-state index contributed by atoms with van der Waals surface area (Å²) in [5.74, 6) is 1.57. The molecule has 0 aromatic heterocycles. The number of halogens is 1. The van der Waals surface area contributed by atoms with E-state index in [0.29, 0.717) is 5.92 Å². The van der Waals surface area contributed by atoms with Crippen LogP contribution in [0, 0.1) is 11.3 Å². The molecule has 0 aliphatic rings. The number of benzene rings is 1. The highest BCUT2D eigenvalue weighted by molar-refractivity contribution is 9.10. The van der Waals surface area contributed by atoms with Crippen LogP contribution in [0.1, 0.15) is 40.5 Å². The molecule has 3 heteroatoms. The van der Waals surface area contributed by atoms with Gasteiger partial charge in [0.25, 0.3) is 0 Å². The normalized spacial score (nSPS) is 14.3. The summed E-state index contributed by atoms with van der Waals surface area (Å²) < 4.78 is 6.94. The van der Waals surface area contributed by atoms with Gasteiger partial charge in [0, 0.05) is 11.0 Å². The van der Waals surface area contributed by atoms with Gasteiger partial charge in [-0.15, -0.1) is 0 Å². The van der Waals surface area contributed by atoms with Crippen molar-refractivity contribution < 1.29 is 4.74 Å². The molecule has 1 aromatic carbocycles. The summed E-state index contributed by atoms with van der Waals surface area (Å²) in [7, 11) is 0. The third kappa shape index (κ3) is 5.84. The van der Waals surface area contributed by atoms with Crippen LogP contribution in [-0.2, 0) is 0 Å². The smallest absolute Gasteiger partial charge is 0.120 e. The highest BCUT2D eigenvalue weighted by atomic mass is 79.9. The van der Waals surface area contributed by atoms with E-state index in [0.717, 1.165) is 36.3 Å². The fourth-order valence-corrected chi connectivity index (χ4v) is 2.47. The van der Waals surface area contributed by atoms with Gasteiger partial charge in [-0.1, -0.05) is 49.7 Å². The van der Waals surface area contributed by atoms with Crippen LogP contribution in [0.15, 0.2) is 28.7 Å². The first-order valence-electron chi connectivity index (χ1n) is 7.57. The molecule has 0 aliphatic carbocycles. The molecule has 0 heterocycles. The van der Waals surface area contributed by atoms with Gasteiger partial charge in [0.15, 0.2) is 0 Å². The Labute approximate surface area is 132 Å². The summed E-state index contributed by atoms with van der Waals surface area (Å²) in [5.41, 5.74) is 0.279. The molecule has 0 radical (unpaired) electrons. The van der Waals surface area contributed by atoms with Crippen LogP contribution in [0.3, 0.4) is 0 Å². The summed E-state index contributed by atoms with van der Waals surface area (Å²) >= 11 is 3.47. The second-order valence-electron chi connectivity index (χ2n) is 6.04. The Balaban J connectivity index is 2.46. The summed E-state index contributed by atoms with van der Waals surface area (Å²) in [6.45, 7) is 12.1. The van der Waals surface area contributed by atoms with Gasteiger partial charge in [-0.05, 0) is 48.9 Å². The monoisotopic (exact) mass is 341 g/mol. The summed E-state index contributed by atoms with van der Waals surface area (Å²) in [6.07, 6.45) is 2.25. The first-order chi connectivity index (χ1) is 9.48. The minimum Gasteiger partial charge on any atom is -0.494 e. The molecule has 0 amide bonds. The lowest BCUT2D eigenvalue weighted by molar-refractivity contribution is 0.150. The van der Waals surface area contributed by atoms with Crippen molar-refractivity contribution in [2.45, 2.75) is 40.5 Å². The predicted octanol–water partition coefficient (Wildman–Crippen LogP) is 4.88. The van der Waals surface area contributed by atoms with E-state index in [9.17, 15) is 0 Å². The standard InChI is InChI=1S/C17H28BrNO/c1-5-10-19-13-17(4,14(2)3)9-11-20-16-8-6-7-15(18)12-16/h6-8,12,14,19H,5,9-11,13H2,1-4H3. The number of hydrogen-bond acceptors (Lipinski definition) is 2. The maximum absolute atomic E-state index is 5.88. The molecule has 0 saturated carbocycles.